The van der Waals surface area contributed by atoms with Gasteiger partial charge in [0.15, 0.2) is 17.3 Å². The minimum atomic E-state index is -3.83. The fourth-order valence-electron chi connectivity index (χ4n) is 3.08. The third-order valence-corrected chi connectivity index (χ3v) is 6.02. The molecule has 168 valence electrons. The number of sulfonamides is 1. The molecule has 0 fully saturated rings. The maximum atomic E-state index is 12.7. The van der Waals surface area contributed by atoms with Crippen LogP contribution in [0.3, 0.4) is 0 Å². The summed E-state index contributed by atoms with van der Waals surface area (Å²) in [6.45, 7) is 2.98. The maximum Gasteiger partial charge on any atom is 0.262 e. The number of amides is 1. The average molecular weight is 458 g/mol. The third-order valence-electron chi connectivity index (χ3n) is 4.65. The van der Waals surface area contributed by atoms with Crippen molar-refractivity contribution in [3.05, 3.63) is 59.7 Å². The first kappa shape index (κ1) is 21.6. The molecule has 0 radical (unpaired) electrons. The molecule has 32 heavy (non-hydrogen) atoms. The molecule has 2 aromatic carbocycles. The predicted molar refractivity (Wildman–Crippen MR) is 114 cm³/mol. The van der Waals surface area contributed by atoms with Crippen LogP contribution in [0.2, 0.25) is 0 Å². The first-order valence-corrected chi connectivity index (χ1v) is 11.5. The number of fused-ring (bicyclic) bond motifs is 1. The molecule has 10 nitrogen and oxygen atoms in total. The second kappa shape index (κ2) is 9.27. The first-order valence-electron chi connectivity index (χ1n) is 10.0. The summed E-state index contributed by atoms with van der Waals surface area (Å²) < 4.78 is 43.8. The van der Waals surface area contributed by atoms with Crippen LogP contribution in [0, 0.1) is 6.92 Å². The zero-order valence-corrected chi connectivity index (χ0v) is 18.1. The Labute approximate surface area is 185 Å². The van der Waals surface area contributed by atoms with Gasteiger partial charge in [-0.15, -0.1) is 0 Å². The summed E-state index contributed by atoms with van der Waals surface area (Å²) in [6.07, 6.45) is 1.22. The Morgan fingerprint density at radius 3 is 2.53 bits per heavy atom. The molecular weight excluding hydrogens is 436 g/mol. The summed E-state index contributed by atoms with van der Waals surface area (Å²) in [5.41, 5.74) is 0.754. The van der Waals surface area contributed by atoms with E-state index in [1.807, 2.05) is 0 Å². The number of nitrogens with zero attached hydrogens (tertiary/aromatic N) is 2. The van der Waals surface area contributed by atoms with E-state index < -0.39 is 10.0 Å². The van der Waals surface area contributed by atoms with E-state index in [1.54, 1.807) is 25.1 Å². The van der Waals surface area contributed by atoms with Crippen LogP contribution in [0.1, 0.15) is 28.5 Å². The lowest BCUT2D eigenvalue weighted by molar-refractivity contribution is 0.0953. The average Bonchev–Trinajstić information content (AvgIpc) is 3.21. The highest BCUT2D eigenvalue weighted by Gasteiger charge is 2.19. The van der Waals surface area contributed by atoms with Crippen molar-refractivity contribution in [1.29, 1.82) is 0 Å². The lowest BCUT2D eigenvalue weighted by Crippen LogP contribution is -2.24. The normalized spacial score (nSPS) is 12.9. The number of carbonyl (C=O) groups excluding carboxylic acids is 1. The van der Waals surface area contributed by atoms with Crippen LogP contribution >= 0.6 is 0 Å². The lowest BCUT2D eigenvalue weighted by atomic mass is 10.2. The lowest BCUT2D eigenvalue weighted by Gasteiger charge is -2.19. The Balaban J connectivity index is 1.32. The first-order chi connectivity index (χ1) is 15.4. The molecule has 0 saturated carbocycles. The summed E-state index contributed by atoms with van der Waals surface area (Å²) in [5.74, 6) is 1.76. The highest BCUT2D eigenvalue weighted by atomic mass is 32.2. The van der Waals surface area contributed by atoms with Gasteiger partial charge in [0.2, 0.25) is 5.89 Å². The van der Waals surface area contributed by atoms with Crippen molar-refractivity contribution in [1.82, 2.24) is 15.5 Å². The summed E-state index contributed by atoms with van der Waals surface area (Å²) in [5, 5.41) is 6.52. The molecule has 0 unspecified atom stereocenters. The fraction of sp³-hybridized carbons (Fsp3) is 0.286. The number of hydrogen-bond donors (Lipinski definition) is 2. The van der Waals surface area contributed by atoms with Crippen LogP contribution < -0.4 is 19.5 Å². The van der Waals surface area contributed by atoms with Crippen LogP contribution in [-0.2, 0) is 16.4 Å². The van der Waals surface area contributed by atoms with Crippen LogP contribution in [0.15, 0.2) is 51.9 Å². The summed E-state index contributed by atoms with van der Waals surface area (Å²) in [6, 6.07) is 10.6. The smallest absolute Gasteiger partial charge is 0.262 e. The molecule has 0 bridgehead atoms. The van der Waals surface area contributed by atoms with E-state index in [4.69, 9.17) is 14.0 Å². The predicted octanol–water partition coefficient (Wildman–Crippen LogP) is 2.31. The molecule has 2 N–H and O–H groups in total. The molecular formula is C21H22N4O6S. The number of hydrogen-bond acceptors (Lipinski definition) is 8. The zero-order chi connectivity index (χ0) is 22.6. The number of rotatable bonds is 8. The van der Waals surface area contributed by atoms with Crippen molar-refractivity contribution in [2.75, 3.05) is 24.5 Å². The van der Waals surface area contributed by atoms with E-state index in [9.17, 15) is 13.2 Å². The number of nitrogens with one attached hydrogen (secondary N) is 2. The van der Waals surface area contributed by atoms with E-state index in [-0.39, 0.29) is 10.8 Å². The molecule has 0 atom stereocenters. The number of anilines is 1. The number of benzene rings is 2. The van der Waals surface area contributed by atoms with Gasteiger partial charge in [-0.3, -0.25) is 9.52 Å². The van der Waals surface area contributed by atoms with Crippen molar-refractivity contribution >= 4 is 21.6 Å². The van der Waals surface area contributed by atoms with E-state index in [0.717, 1.165) is 0 Å². The molecule has 1 amide bonds. The van der Waals surface area contributed by atoms with E-state index in [1.165, 1.54) is 24.3 Å². The number of aryl methyl sites for hydroxylation is 2. The Morgan fingerprint density at radius 1 is 1.06 bits per heavy atom. The zero-order valence-electron chi connectivity index (χ0n) is 17.3. The highest BCUT2D eigenvalue weighted by molar-refractivity contribution is 7.92. The Bertz CT molecular complexity index is 1210. The van der Waals surface area contributed by atoms with Crippen molar-refractivity contribution in [2.45, 2.75) is 24.7 Å². The molecule has 11 heteroatoms. The monoisotopic (exact) mass is 458 g/mol. The van der Waals surface area contributed by atoms with E-state index in [2.05, 4.69) is 20.2 Å². The molecule has 4 rings (SSSR count). The van der Waals surface area contributed by atoms with Crippen molar-refractivity contribution in [2.24, 2.45) is 0 Å². The molecule has 1 aromatic heterocycles. The molecule has 1 aliphatic heterocycles. The molecule has 0 saturated heterocycles. The third kappa shape index (κ3) is 5.17. The maximum absolute atomic E-state index is 12.7. The minimum Gasteiger partial charge on any atom is -0.486 e. The van der Waals surface area contributed by atoms with Gasteiger partial charge >= 0.3 is 0 Å². The highest BCUT2D eigenvalue weighted by Crippen LogP contribution is 2.32. The van der Waals surface area contributed by atoms with Crippen LogP contribution in [-0.4, -0.2) is 44.2 Å². The largest absolute Gasteiger partial charge is 0.486 e. The Kier molecular flexibility index (Phi) is 6.26. The number of aromatic nitrogens is 2. The Hall–Kier alpha value is -3.60. The molecule has 1 aliphatic rings. The van der Waals surface area contributed by atoms with Crippen LogP contribution in [0.5, 0.6) is 11.5 Å². The standard InChI is InChI=1S/C21H22N4O6S/c1-14-23-20(31-24-14)3-2-10-22-21(26)15-4-6-16(7-5-15)25-32(27,28)17-8-9-18-19(13-17)30-12-11-29-18/h4-9,13,25H,2-3,10-12H2,1H3,(H,22,26). The van der Waals surface area contributed by atoms with Crippen molar-refractivity contribution in [3.8, 4) is 11.5 Å². The van der Waals surface area contributed by atoms with Crippen molar-refractivity contribution in [3.63, 3.8) is 0 Å². The van der Waals surface area contributed by atoms with Crippen LogP contribution in [0.4, 0.5) is 5.69 Å². The van der Waals surface area contributed by atoms with Gasteiger partial charge in [-0.1, -0.05) is 5.16 Å². The molecule has 0 spiro atoms. The second-order valence-corrected chi connectivity index (χ2v) is 8.77. The Morgan fingerprint density at radius 2 is 1.81 bits per heavy atom. The molecule has 3 aromatic rings. The van der Waals surface area contributed by atoms with Crippen LogP contribution in [0.25, 0.3) is 0 Å². The topological polar surface area (TPSA) is 133 Å². The molecule has 2 heterocycles. The van der Waals surface area contributed by atoms with Gasteiger partial charge in [0.05, 0.1) is 4.90 Å². The van der Waals surface area contributed by atoms with E-state index >= 15 is 0 Å². The minimum absolute atomic E-state index is 0.0556. The van der Waals surface area contributed by atoms with Gasteiger partial charge in [0.1, 0.15) is 13.2 Å². The SMILES string of the molecule is Cc1noc(CCCNC(=O)c2ccc(NS(=O)(=O)c3ccc4c(c3)OCCO4)cc2)n1. The number of carbonyl (C=O) groups is 1. The van der Waals surface area contributed by atoms with Gasteiger partial charge in [-0.25, -0.2) is 8.42 Å². The molecule has 0 aliphatic carbocycles. The van der Waals surface area contributed by atoms with Gasteiger partial charge in [-0.2, -0.15) is 4.98 Å². The summed E-state index contributed by atoms with van der Waals surface area (Å²) in [7, 11) is -3.83. The van der Waals surface area contributed by atoms with Gasteiger partial charge < -0.3 is 19.3 Å². The second-order valence-electron chi connectivity index (χ2n) is 7.08. The summed E-state index contributed by atoms with van der Waals surface area (Å²) >= 11 is 0. The van der Waals surface area contributed by atoms with Crippen molar-refractivity contribution < 1.29 is 27.2 Å². The van der Waals surface area contributed by atoms with Gasteiger partial charge in [0, 0.05) is 30.3 Å². The fourth-order valence-corrected chi connectivity index (χ4v) is 4.15. The van der Waals surface area contributed by atoms with E-state index in [0.29, 0.717) is 67.1 Å². The summed E-state index contributed by atoms with van der Waals surface area (Å²) in [4.78, 5) is 16.5. The number of ether oxygens (including phenoxy) is 2. The quantitative estimate of drug-likeness (QED) is 0.492. The van der Waals surface area contributed by atoms with Gasteiger partial charge in [0.25, 0.3) is 15.9 Å². The van der Waals surface area contributed by atoms with Gasteiger partial charge in [-0.05, 0) is 49.7 Å².